The highest BCUT2D eigenvalue weighted by atomic mass is 32.2. The Morgan fingerprint density at radius 1 is 1.29 bits per heavy atom. The van der Waals surface area contributed by atoms with Gasteiger partial charge in [0, 0.05) is 12.1 Å². The minimum Gasteiger partial charge on any atom is -0.480 e. The Labute approximate surface area is 122 Å². The van der Waals surface area contributed by atoms with E-state index in [0.29, 0.717) is 0 Å². The molecule has 0 radical (unpaired) electrons. The molecule has 21 heavy (non-hydrogen) atoms. The zero-order valence-corrected chi connectivity index (χ0v) is 12.8. The lowest BCUT2D eigenvalue weighted by atomic mass is 10.1. The van der Waals surface area contributed by atoms with Crippen LogP contribution in [0, 0.1) is 0 Å². The van der Waals surface area contributed by atoms with E-state index in [9.17, 15) is 22.8 Å². The Bertz CT molecular complexity index is 516. The molecule has 0 aromatic rings. The molecule has 0 heterocycles. The van der Waals surface area contributed by atoms with Gasteiger partial charge in [0.05, 0.1) is 12.7 Å². The third kappa shape index (κ3) is 9.62. The summed E-state index contributed by atoms with van der Waals surface area (Å²) in [5, 5.41) is 13.2. The molecule has 3 amide bonds. The average molecular weight is 324 g/mol. The Kier molecular flexibility index (Phi) is 6.57. The van der Waals surface area contributed by atoms with E-state index in [1.807, 2.05) is 0 Å². The SMILES string of the molecule is CC(C)(CNC(=O)N[C@@H](CC(N)=O)C(=O)O)NS(C)(=O)=O. The van der Waals surface area contributed by atoms with E-state index in [1.165, 1.54) is 13.8 Å². The number of hydrogen-bond acceptors (Lipinski definition) is 5. The van der Waals surface area contributed by atoms with Crippen LogP contribution < -0.4 is 21.1 Å². The maximum atomic E-state index is 11.5. The van der Waals surface area contributed by atoms with Crippen molar-refractivity contribution >= 4 is 27.9 Å². The van der Waals surface area contributed by atoms with Crippen LogP contribution in [-0.2, 0) is 19.6 Å². The summed E-state index contributed by atoms with van der Waals surface area (Å²) in [7, 11) is -3.46. The van der Waals surface area contributed by atoms with Gasteiger partial charge in [-0.2, -0.15) is 0 Å². The van der Waals surface area contributed by atoms with Gasteiger partial charge in [-0.3, -0.25) is 4.79 Å². The molecule has 0 saturated heterocycles. The molecule has 122 valence electrons. The number of urea groups is 1. The van der Waals surface area contributed by atoms with Gasteiger partial charge in [-0.15, -0.1) is 0 Å². The van der Waals surface area contributed by atoms with E-state index in [-0.39, 0.29) is 6.54 Å². The van der Waals surface area contributed by atoms with Crippen molar-refractivity contribution in [3.05, 3.63) is 0 Å². The standard InChI is InChI=1S/C10H20N4O6S/c1-10(2,14-21(3,19)20)5-12-9(18)13-6(8(16)17)4-7(11)15/h6,14H,4-5H2,1-3H3,(H2,11,15)(H,16,17)(H2,12,13,18)/t6-/m0/s1. The molecule has 0 fully saturated rings. The van der Waals surface area contributed by atoms with Gasteiger partial charge in [0.2, 0.25) is 15.9 Å². The van der Waals surface area contributed by atoms with Crippen molar-refractivity contribution in [3.8, 4) is 0 Å². The van der Waals surface area contributed by atoms with E-state index in [1.54, 1.807) is 0 Å². The summed E-state index contributed by atoms with van der Waals surface area (Å²) in [6.07, 6.45) is 0.426. The van der Waals surface area contributed by atoms with Gasteiger partial charge in [0.1, 0.15) is 6.04 Å². The first-order valence-corrected chi connectivity index (χ1v) is 7.76. The molecule has 0 aromatic heterocycles. The topological polar surface area (TPSA) is 168 Å². The number of primary amides is 1. The molecule has 0 bridgehead atoms. The van der Waals surface area contributed by atoms with Crippen LogP contribution in [0.25, 0.3) is 0 Å². The van der Waals surface area contributed by atoms with Crippen LogP contribution in [0.4, 0.5) is 4.79 Å². The second-order valence-corrected chi connectivity index (χ2v) is 6.89. The van der Waals surface area contributed by atoms with E-state index in [4.69, 9.17) is 10.8 Å². The molecular formula is C10H20N4O6S. The quantitative estimate of drug-likeness (QED) is 0.344. The van der Waals surface area contributed by atoms with Crippen LogP contribution in [0.2, 0.25) is 0 Å². The molecule has 1 atom stereocenters. The molecule has 0 saturated carbocycles. The molecule has 0 aliphatic carbocycles. The number of amides is 3. The highest BCUT2D eigenvalue weighted by molar-refractivity contribution is 7.88. The van der Waals surface area contributed by atoms with Gasteiger partial charge >= 0.3 is 12.0 Å². The molecule has 0 aliphatic heterocycles. The summed E-state index contributed by atoms with van der Waals surface area (Å²) < 4.78 is 24.5. The van der Waals surface area contributed by atoms with E-state index in [0.717, 1.165) is 6.26 Å². The Morgan fingerprint density at radius 2 is 1.81 bits per heavy atom. The fourth-order valence-electron chi connectivity index (χ4n) is 1.45. The minimum atomic E-state index is -3.46. The van der Waals surface area contributed by atoms with E-state index >= 15 is 0 Å². The Morgan fingerprint density at radius 3 is 2.19 bits per heavy atom. The lowest BCUT2D eigenvalue weighted by Gasteiger charge is -2.25. The lowest BCUT2D eigenvalue weighted by Crippen LogP contribution is -2.54. The Balaban J connectivity index is 4.49. The highest BCUT2D eigenvalue weighted by Gasteiger charge is 2.25. The van der Waals surface area contributed by atoms with Crippen LogP contribution in [0.1, 0.15) is 20.3 Å². The molecule has 10 nitrogen and oxygen atoms in total. The number of carboxylic acids is 1. The number of nitrogens with two attached hydrogens (primary N) is 1. The van der Waals surface area contributed by atoms with Crippen molar-refractivity contribution < 1.29 is 27.9 Å². The van der Waals surface area contributed by atoms with Crippen LogP contribution in [0.5, 0.6) is 0 Å². The van der Waals surface area contributed by atoms with Gasteiger partial charge in [0.25, 0.3) is 0 Å². The lowest BCUT2D eigenvalue weighted by molar-refractivity contribution is -0.140. The number of aliphatic carboxylic acids is 1. The molecule has 11 heteroatoms. The molecule has 0 rings (SSSR count). The summed E-state index contributed by atoms with van der Waals surface area (Å²) >= 11 is 0. The molecular weight excluding hydrogens is 304 g/mol. The number of sulfonamides is 1. The van der Waals surface area contributed by atoms with E-state index in [2.05, 4.69) is 15.4 Å². The maximum Gasteiger partial charge on any atom is 0.326 e. The summed E-state index contributed by atoms with van der Waals surface area (Å²) in [6, 6.07) is -2.31. The number of carbonyl (C=O) groups is 3. The van der Waals surface area contributed by atoms with E-state index < -0.39 is 45.9 Å². The normalized spacial score (nSPS) is 13.3. The molecule has 0 aromatic carbocycles. The summed E-state index contributed by atoms with van der Waals surface area (Å²) in [5.74, 6) is -2.28. The molecule has 0 aliphatic rings. The average Bonchev–Trinajstić information content (AvgIpc) is 2.21. The first kappa shape index (κ1) is 19.1. The van der Waals surface area contributed by atoms with Gasteiger partial charge in [-0.05, 0) is 13.8 Å². The predicted molar refractivity (Wildman–Crippen MR) is 73.8 cm³/mol. The van der Waals surface area contributed by atoms with Crippen LogP contribution in [-0.4, -0.2) is 55.8 Å². The predicted octanol–water partition coefficient (Wildman–Crippen LogP) is -2.06. The zero-order valence-electron chi connectivity index (χ0n) is 12.0. The zero-order chi connectivity index (χ0) is 16.8. The minimum absolute atomic E-state index is 0.0885. The molecule has 0 spiro atoms. The summed E-state index contributed by atoms with van der Waals surface area (Å²) in [5.41, 5.74) is 3.90. The van der Waals surface area contributed by atoms with Crippen LogP contribution >= 0.6 is 0 Å². The fraction of sp³-hybridized carbons (Fsp3) is 0.700. The van der Waals surface area contributed by atoms with Gasteiger partial charge in [-0.25, -0.2) is 22.7 Å². The largest absolute Gasteiger partial charge is 0.480 e. The summed E-state index contributed by atoms with van der Waals surface area (Å²) in [6.45, 7) is 2.98. The number of carboxylic acid groups (broad SMARTS) is 1. The summed E-state index contributed by atoms with van der Waals surface area (Å²) in [4.78, 5) is 33.0. The second-order valence-electron chi connectivity index (χ2n) is 5.15. The number of hydrogen-bond donors (Lipinski definition) is 5. The first-order chi connectivity index (χ1) is 9.32. The van der Waals surface area contributed by atoms with Gasteiger partial charge in [0.15, 0.2) is 0 Å². The maximum absolute atomic E-state index is 11.5. The van der Waals surface area contributed by atoms with Crippen molar-refractivity contribution in [1.29, 1.82) is 0 Å². The van der Waals surface area contributed by atoms with Crippen molar-refractivity contribution in [2.24, 2.45) is 5.73 Å². The second kappa shape index (κ2) is 7.22. The third-order valence-corrected chi connectivity index (χ3v) is 3.08. The van der Waals surface area contributed by atoms with Gasteiger partial charge < -0.3 is 21.5 Å². The third-order valence-electron chi connectivity index (χ3n) is 2.16. The number of nitrogens with one attached hydrogen (secondary N) is 3. The van der Waals surface area contributed by atoms with Crippen molar-refractivity contribution in [2.75, 3.05) is 12.8 Å². The van der Waals surface area contributed by atoms with Crippen LogP contribution in [0.15, 0.2) is 0 Å². The molecule has 6 N–H and O–H groups in total. The van der Waals surface area contributed by atoms with Crippen molar-refractivity contribution in [1.82, 2.24) is 15.4 Å². The first-order valence-electron chi connectivity index (χ1n) is 5.87. The van der Waals surface area contributed by atoms with Crippen molar-refractivity contribution in [2.45, 2.75) is 31.8 Å². The fourth-order valence-corrected chi connectivity index (χ4v) is 2.53. The van der Waals surface area contributed by atoms with Gasteiger partial charge in [-0.1, -0.05) is 0 Å². The number of rotatable bonds is 8. The van der Waals surface area contributed by atoms with Crippen molar-refractivity contribution in [3.63, 3.8) is 0 Å². The van der Waals surface area contributed by atoms with Crippen LogP contribution in [0.3, 0.4) is 0 Å². The number of carbonyl (C=O) groups excluding carboxylic acids is 2. The molecule has 0 unspecified atom stereocenters. The Hall–Kier alpha value is -1.88. The monoisotopic (exact) mass is 324 g/mol. The highest BCUT2D eigenvalue weighted by Crippen LogP contribution is 2.02. The smallest absolute Gasteiger partial charge is 0.326 e.